The summed E-state index contributed by atoms with van der Waals surface area (Å²) in [7, 11) is 3.23. The topological polar surface area (TPSA) is 38.8 Å². The van der Waals surface area contributed by atoms with Crippen molar-refractivity contribution in [2.45, 2.75) is 20.0 Å². The van der Waals surface area contributed by atoms with Gasteiger partial charge in [0.05, 0.1) is 6.10 Å². The minimum atomic E-state index is -0.667. The molecule has 0 aliphatic carbocycles. The van der Waals surface area contributed by atoms with Gasteiger partial charge in [0.2, 0.25) is 0 Å². The maximum Gasteiger partial charge on any atom is 0.528 e. The van der Waals surface area contributed by atoms with E-state index in [4.69, 9.17) is 0 Å². The highest BCUT2D eigenvalue weighted by Gasteiger charge is 2.06. The normalized spacial score (nSPS) is 10.2. The van der Waals surface area contributed by atoms with Crippen LogP contribution >= 0.6 is 0 Å². The quantitative estimate of drug-likeness (QED) is 0.432. The standard InChI is InChI=1S/C6H13NO3/c1-5(2)9-6(8)10-7(3)4/h5H,1-4H3. The molecule has 0 aromatic rings. The molecule has 0 fully saturated rings. The Morgan fingerprint density at radius 3 is 2.20 bits per heavy atom. The van der Waals surface area contributed by atoms with Crippen LogP contribution in [0.3, 0.4) is 0 Å². The predicted octanol–water partition coefficient (Wildman–Crippen LogP) is 1.02. The number of rotatable bonds is 2. The van der Waals surface area contributed by atoms with Gasteiger partial charge in [-0.05, 0) is 13.8 Å². The number of nitrogens with zero attached hydrogens (tertiary/aromatic N) is 1. The van der Waals surface area contributed by atoms with Gasteiger partial charge in [-0.25, -0.2) is 4.79 Å². The second-order valence-electron chi connectivity index (χ2n) is 2.32. The molecule has 10 heavy (non-hydrogen) atoms. The van der Waals surface area contributed by atoms with Gasteiger partial charge in [-0.2, -0.15) is 0 Å². The highest BCUT2D eigenvalue weighted by atomic mass is 16.8. The zero-order chi connectivity index (χ0) is 8.15. The molecule has 0 N–H and O–H groups in total. The molecule has 0 atom stereocenters. The molecule has 0 aliphatic heterocycles. The largest absolute Gasteiger partial charge is 0.528 e. The molecule has 0 heterocycles. The van der Waals surface area contributed by atoms with Crippen LogP contribution in [0.5, 0.6) is 0 Å². The van der Waals surface area contributed by atoms with E-state index >= 15 is 0 Å². The van der Waals surface area contributed by atoms with Crippen LogP contribution in [-0.2, 0) is 9.57 Å². The molecule has 0 spiro atoms. The lowest BCUT2D eigenvalue weighted by molar-refractivity contribution is -0.0983. The van der Waals surface area contributed by atoms with Crippen LogP contribution in [0.25, 0.3) is 0 Å². The summed E-state index contributed by atoms with van der Waals surface area (Å²) in [5, 5.41) is 1.28. The van der Waals surface area contributed by atoms with Crippen LogP contribution in [0.1, 0.15) is 13.8 Å². The minimum absolute atomic E-state index is 0.132. The molecule has 0 saturated carbocycles. The number of carbonyl (C=O) groups excluding carboxylic acids is 1. The Bertz CT molecular complexity index is 99.6. The maximum absolute atomic E-state index is 10.6. The summed E-state index contributed by atoms with van der Waals surface area (Å²) in [6.07, 6.45) is -0.799. The molecule has 0 saturated heterocycles. The van der Waals surface area contributed by atoms with E-state index in [2.05, 4.69) is 9.57 Å². The third-order valence-corrected chi connectivity index (χ3v) is 0.589. The van der Waals surface area contributed by atoms with Crippen molar-refractivity contribution in [1.29, 1.82) is 0 Å². The number of carbonyl (C=O) groups is 1. The third-order valence-electron chi connectivity index (χ3n) is 0.589. The maximum atomic E-state index is 10.6. The van der Waals surface area contributed by atoms with Gasteiger partial charge >= 0.3 is 6.16 Å². The van der Waals surface area contributed by atoms with Crippen LogP contribution in [0.2, 0.25) is 0 Å². The summed E-state index contributed by atoms with van der Waals surface area (Å²) >= 11 is 0. The Labute approximate surface area is 60.7 Å². The summed E-state index contributed by atoms with van der Waals surface area (Å²) in [5.74, 6) is 0. The zero-order valence-electron chi connectivity index (χ0n) is 6.75. The number of hydrogen-bond acceptors (Lipinski definition) is 4. The van der Waals surface area contributed by atoms with Gasteiger partial charge in [0, 0.05) is 14.1 Å². The first-order chi connectivity index (χ1) is 4.52. The summed E-state index contributed by atoms with van der Waals surface area (Å²) in [6, 6.07) is 0. The van der Waals surface area contributed by atoms with E-state index in [-0.39, 0.29) is 6.10 Å². The van der Waals surface area contributed by atoms with Crippen molar-refractivity contribution < 1.29 is 14.4 Å². The molecular weight excluding hydrogens is 134 g/mol. The van der Waals surface area contributed by atoms with E-state index < -0.39 is 6.16 Å². The van der Waals surface area contributed by atoms with Gasteiger partial charge in [-0.15, -0.1) is 5.06 Å². The summed E-state index contributed by atoms with van der Waals surface area (Å²) in [4.78, 5) is 15.1. The average molecular weight is 147 g/mol. The smallest absolute Gasteiger partial charge is 0.430 e. The van der Waals surface area contributed by atoms with Crippen molar-refractivity contribution >= 4 is 6.16 Å². The van der Waals surface area contributed by atoms with Crippen LogP contribution in [0.15, 0.2) is 0 Å². The van der Waals surface area contributed by atoms with Gasteiger partial charge in [0.1, 0.15) is 0 Å². The van der Waals surface area contributed by atoms with Crippen LogP contribution in [0, 0.1) is 0 Å². The minimum Gasteiger partial charge on any atom is -0.430 e. The van der Waals surface area contributed by atoms with E-state index in [1.54, 1.807) is 27.9 Å². The lowest BCUT2D eigenvalue weighted by Crippen LogP contribution is -2.21. The van der Waals surface area contributed by atoms with Gasteiger partial charge in [0.15, 0.2) is 0 Å². The highest BCUT2D eigenvalue weighted by molar-refractivity contribution is 5.59. The molecule has 0 radical (unpaired) electrons. The monoisotopic (exact) mass is 147 g/mol. The van der Waals surface area contributed by atoms with E-state index in [1.807, 2.05) is 0 Å². The molecule has 4 nitrogen and oxygen atoms in total. The van der Waals surface area contributed by atoms with Crippen molar-refractivity contribution in [2.24, 2.45) is 0 Å². The molecule has 0 unspecified atom stereocenters. The fourth-order valence-corrected chi connectivity index (χ4v) is 0.363. The SMILES string of the molecule is CC(C)OC(=O)ON(C)C. The molecule has 4 heteroatoms. The zero-order valence-corrected chi connectivity index (χ0v) is 6.75. The van der Waals surface area contributed by atoms with Gasteiger partial charge in [0.25, 0.3) is 0 Å². The number of hydroxylamine groups is 2. The van der Waals surface area contributed by atoms with Crippen molar-refractivity contribution in [3.63, 3.8) is 0 Å². The van der Waals surface area contributed by atoms with E-state index in [9.17, 15) is 4.79 Å². The Balaban J connectivity index is 3.44. The van der Waals surface area contributed by atoms with Crippen LogP contribution in [-0.4, -0.2) is 31.4 Å². The van der Waals surface area contributed by atoms with E-state index in [0.717, 1.165) is 0 Å². The Hall–Kier alpha value is -0.770. The summed E-state index contributed by atoms with van der Waals surface area (Å²) in [5.41, 5.74) is 0. The molecule has 0 aromatic carbocycles. The molecular formula is C6H13NO3. The van der Waals surface area contributed by atoms with Crippen molar-refractivity contribution in [3.8, 4) is 0 Å². The van der Waals surface area contributed by atoms with Gasteiger partial charge in [-0.3, -0.25) is 0 Å². The third kappa shape index (κ3) is 5.37. The molecule has 0 bridgehead atoms. The molecule has 60 valence electrons. The van der Waals surface area contributed by atoms with Gasteiger partial charge < -0.3 is 9.57 Å². The first kappa shape index (κ1) is 9.23. The fourth-order valence-electron chi connectivity index (χ4n) is 0.363. The van der Waals surface area contributed by atoms with Crippen LogP contribution in [0.4, 0.5) is 4.79 Å². The van der Waals surface area contributed by atoms with Crippen molar-refractivity contribution in [2.75, 3.05) is 14.1 Å². The van der Waals surface area contributed by atoms with Crippen molar-refractivity contribution in [1.82, 2.24) is 5.06 Å². The second kappa shape index (κ2) is 4.11. The van der Waals surface area contributed by atoms with Crippen molar-refractivity contribution in [3.05, 3.63) is 0 Å². The molecule has 0 rings (SSSR count). The Kier molecular flexibility index (Phi) is 3.79. The summed E-state index contributed by atoms with van der Waals surface area (Å²) < 4.78 is 4.66. The first-order valence-electron chi connectivity index (χ1n) is 3.08. The van der Waals surface area contributed by atoms with Gasteiger partial charge in [-0.1, -0.05) is 0 Å². The lowest BCUT2D eigenvalue weighted by atomic mass is 10.5. The van der Waals surface area contributed by atoms with Crippen LogP contribution < -0.4 is 0 Å². The Morgan fingerprint density at radius 1 is 1.40 bits per heavy atom. The molecule has 0 aliphatic rings. The fraction of sp³-hybridized carbons (Fsp3) is 0.833. The highest BCUT2D eigenvalue weighted by Crippen LogP contribution is 1.92. The summed E-state index contributed by atoms with van der Waals surface area (Å²) in [6.45, 7) is 3.52. The van der Waals surface area contributed by atoms with E-state index in [1.165, 1.54) is 5.06 Å². The average Bonchev–Trinajstić information content (AvgIpc) is 1.58. The molecule has 0 aromatic heterocycles. The second-order valence-corrected chi connectivity index (χ2v) is 2.32. The lowest BCUT2D eigenvalue weighted by Gasteiger charge is -2.11. The van der Waals surface area contributed by atoms with E-state index in [0.29, 0.717) is 0 Å². The predicted molar refractivity (Wildman–Crippen MR) is 36.4 cm³/mol. The number of ether oxygens (including phenoxy) is 1. The number of hydrogen-bond donors (Lipinski definition) is 0. The Morgan fingerprint density at radius 2 is 1.90 bits per heavy atom. The first-order valence-corrected chi connectivity index (χ1v) is 3.08. The molecule has 0 amide bonds.